The van der Waals surface area contributed by atoms with Crippen molar-refractivity contribution in [1.29, 1.82) is 0 Å². The van der Waals surface area contributed by atoms with E-state index in [9.17, 15) is 23.4 Å². The second-order valence-electron chi connectivity index (χ2n) is 6.02. The van der Waals surface area contributed by atoms with Gasteiger partial charge in [0.2, 0.25) is 0 Å². The number of hydrogen-bond donors (Lipinski definition) is 2. The van der Waals surface area contributed by atoms with Gasteiger partial charge in [0.25, 0.3) is 0 Å². The average molecular weight is 333 g/mol. The van der Waals surface area contributed by atoms with Gasteiger partial charge in [-0.3, -0.25) is 4.90 Å². The summed E-state index contributed by atoms with van der Waals surface area (Å²) in [6.07, 6.45) is -3.69. The van der Waals surface area contributed by atoms with E-state index < -0.39 is 23.4 Å². The van der Waals surface area contributed by atoms with Gasteiger partial charge in [0.1, 0.15) is 5.60 Å². The minimum atomic E-state index is -4.38. The number of hydrogen-bond acceptors (Lipinski definition) is 4. The standard InChI is InChI=1S/C16H22F3NO3/c1-23-15(11-21)7-2-8-20(10-15)9-14(22)12-3-5-13(6-4-12)16(17,18)19/h3-6,14,21-22H,2,7-11H2,1H3. The molecule has 0 amide bonds. The summed E-state index contributed by atoms with van der Waals surface area (Å²) in [5, 5.41) is 19.8. The zero-order valence-corrected chi connectivity index (χ0v) is 13.0. The van der Waals surface area contributed by atoms with Crippen LogP contribution in [0.25, 0.3) is 0 Å². The van der Waals surface area contributed by atoms with E-state index in [1.807, 2.05) is 4.90 Å². The van der Waals surface area contributed by atoms with Crippen LogP contribution >= 0.6 is 0 Å². The fraction of sp³-hybridized carbons (Fsp3) is 0.625. The van der Waals surface area contributed by atoms with Crippen molar-refractivity contribution >= 4 is 0 Å². The molecule has 1 aromatic rings. The Morgan fingerprint density at radius 3 is 2.48 bits per heavy atom. The van der Waals surface area contributed by atoms with Gasteiger partial charge in [0, 0.05) is 20.2 Å². The molecule has 0 aromatic heterocycles. The number of ether oxygens (including phenoxy) is 1. The van der Waals surface area contributed by atoms with Gasteiger partial charge in [-0.15, -0.1) is 0 Å². The molecule has 2 rings (SSSR count). The molecule has 1 fully saturated rings. The molecule has 2 N–H and O–H groups in total. The maximum absolute atomic E-state index is 12.5. The molecule has 0 radical (unpaired) electrons. The largest absolute Gasteiger partial charge is 0.416 e. The number of piperidine rings is 1. The summed E-state index contributed by atoms with van der Waals surface area (Å²) >= 11 is 0. The van der Waals surface area contributed by atoms with Gasteiger partial charge in [-0.2, -0.15) is 13.2 Å². The van der Waals surface area contributed by atoms with Crippen LogP contribution in [0.4, 0.5) is 13.2 Å². The minimum Gasteiger partial charge on any atom is -0.393 e. The van der Waals surface area contributed by atoms with Crippen LogP contribution in [0.1, 0.15) is 30.1 Å². The summed E-state index contributed by atoms with van der Waals surface area (Å²) in [7, 11) is 1.55. The third kappa shape index (κ3) is 4.44. The number of alkyl halides is 3. The molecule has 23 heavy (non-hydrogen) atoms. The minimum absolute atomic E-state index is 0.101. The van der Waals surface area contributed by atoms with Gasteiger partial charge in [0.15, 0.2) is 0 Å². The molecule has 1 heterocycles. The fourth-order valence-corrected chi connectivity index (χ4v) is 2.95. The van der Waals surface area contributed by atoms with E-state index in [4.69, 9.17) is 4.74 Å². The Labute approximate surface area is 133 Å². The molecule has 7 heteroatoms. The normalized spacial score (nSPS) is 24.6. The molecule has 0 aliphatic carbocycles. The van der Waals surface area contributed by atoms with E-state index in [1.54, 1.807) is 7.11 Å². The third-order valence-corrected chi connectivity index (χ3v) is 4.39. The van der Waals surface area contributed by atoms with Crippen LogP contribution in [-0.2, 0) is 10.9 Å². The van der Waals surface area contributed by atoms with E-state index in [1.165, 1.54) is 12.1 Å². The first kappa shape index (κ1) is 18.2. The van der Waals surface area contributed by atoms with Crippen molar-refractivity contribution < 1.29 is 28.1 Å². The molecule has 4 nitrogen and oxygen atoms in total. The van der Waals surface area contributed by atoms with Crippen LogP contribution in [-0.4, -0.2) is 54.1 Å². The zero-order valence-electron chi connectivity index (χ0n) is 13.0. The van der Waals surface area contributed by atoms with Crippen molar-refractivity contribution in [2.75, 3.05) is 33.4 Å². The lowest BCUT2D eigenvalue weighted by Gasteiger charge is -2.41. The second kappa shape index (κ2) is 7.17. The Morgan fingerprint density at radius 2 is 1.96 bits per heavy atom. The summed E-state index contributed by atoms with van der Waals surface area (Å²) in [5.74, 6) is 0. The average Bonchev–Trinajstić information content (AvgIpc) is 2.54. The molecule has 0 saturated carbocycles. The third-order valence-electron chi connectivity index (χ3n) is 4.39. The molecule has 1 aromatic carbocycles. The van der Waals surface area contributed by atoms with Crippen molar-refractivity contribution in [3.63, 3.8) is 0 Å². The van der Waals surface area contributed by atoms with Crippen molar-refractivity contribution in [1.82, 2.24) is 4.90 Å². The Morgan fingerprint density at radius 1 is 1.30 bits per heavy atom. The van der Waals surface area contributed by atoms with Gasteiger partial charge in [-0.25, -0.2) is 0 Å². The van der Waals surface area contributed by atoms with E-state index in [2.05, 4.69) is 0 Å². The van der Waals surface area contributed by atoms with Gasteiger partial charge in [0.05, 0.1) is 18.3 Å². The summed E-state index contributed by atoms with van der Waals surface area (Å²) < 4.78 is 43.0. The van der Waals surface area contributed by atoms with Crippen molar-refractivity contribution in [2.24, 2.45) is 0 Å². The highest BCUT2D eigenvalue weighted by atomic mass is 19.4. The van der Waals surface area contributed by atoms with Crippen LogP contribution in [0.2, 0.25) is 0 Å². The summed E-state index contributed by atoms with van der Waals surface area (Å²) in [6.45, 7) is 1.42. The molecule has 2 atom stereocenters. The molecule has 0 bridgehead atoms. The van der Waals surface area contributed by atoms with Crippen LogP contribution < -0.4 is 0 Å². The Hall–Kier alpha value is -1.15. The second-order valence-corrected chi connectivity index (χ2v) is 6.02. The maximum atomic E-state index is 12.5. The zero-order chi connectivity index (χ0) is 17.1. The quantitative estimate of drug-likeness (QED) is 0.867. The first-order valence-electron chi connectivity index (χ1n) is 7.53. The number of rotatable bonds is 5. The summed E-state index contributed by atoms with van der Waals surface area (Å²) in [5.41, 5.74) is -0.918. The van der Waals surface area contributed by atoms with Gasteiger partial charge < -0.3 is 14.9 Å². The molecule has 1 aliphatic rings. The van der Waals surface area contributed by atoms with E-state index >= 15 is 0 Å². The Kier molecular flexibility index (Phi) is 5.67. The lowest BCUT2D eigenvalue weighted by molar-refractivity contribution is -0.137. The number of halogens is 3. The summed E-state index contributed by atoms with van der Waals surface area (Å²) in [4.78, 5) is 1.96. The van der Waals surface area contributed by atoms with Crippen molar-refractivity contribution in [3.05, 3.63) is 35.4 Å². The van der Waals surface area contributed by atoms with Crippen molar-refractivity contribution in [3.8, 4) is 0 Å². The maximum Gasteiger partial charge on any atom is 0.416 e. The number of aliphatic hydroxyl groups excluding tert-OH is 2. The van der Waals surface area contributed by atoms with Crippen LogP contribution in [0, 0.1) is 0 Å². The predicted octanol–water partition coefficient (Wildman–Crippen LogP) is 2.21. The van der Waals surface area contributed by atoms with Crippen LogP contribution in [0.5, 0.6) is 0 Å². The predicted molar refractivity (Wildman–Crippen MR) is 78.9 cm³/mol. The van der Waals surface area contributed by atoms with Gasteiger partial charge in [-0.1, -0.05) is 12.1 Å². The lowest BCUT2D eigenvalue weighted by atomic mass is 9.93. The van der Waals surface area contributed by atoms with E-state index in [0.717, 1.165) is 31.5 Å². The highest BCUT2D eigenvalue weighted by Gasteiger charge is 2.35. The topological polar surface area (TPSA) is 52.9 Å². The highest BCUT2D eigenvalue weighted by molar-refractivity contribution is 5.26. The molecule has 0 spiro atoms. The summed E-state index contributed by atoms with van der Waals surface area (Å²) in [6, 6.07) is 4.55. The number of β-amino-alcohol motifs (C(OH)–C–C–N with tert-alkyl or cyclic N) is 1. The van der Waals surface area contributed by atoms with Gasteiger partial charge >= 0.3 is 6.18 Å². The number of aliphatic hydroxyl groups is 2. The van der Waals surface area contributed by atoms with E-state index in [-0.39, 0.29) is 13.2 Å². The molecule has 2 unspecified atom stereocenters. The molecular formula is C16H22F3NO3. The van der Waals surface area contributed by atoms with Crippen molar-refractivity contribution in [2.45, 2.75) is 30.7 Å². The number of likely N-dealkylation sites (tertiary alicyclic amines) is 1. The number of methoxy groups -OCH3 is 1. The highest BCUT2D eigenvalue weighted by Crippen LogP contribution is 2.30. The van der Waals surface area contributed by atoms with Crippen LogP contribution in [0.15, 0.2) is 24.3 Å². The Balaban J connectivity index is 2.00. The molecule has 1 saturated heterocycles. The first-order valence-corrected chi connectivity index (χ1v) is 7.53. The SMILES string of the molecule is COC1(CO)CCCN(CC(O)c2ccc(C(F)(F)F)cc2)C1. The smallest absolute Gasteiger partial charge is 0.393 e. The Bertz CT molecular complexity index is 500. The number of nitrogens with zero attached hydrogens (tertiary/aromatic N) is 1. The molecular weight excluding hydrogens is 311 g/mol. The lowest BCUT2D eigenvalue weighted by Crippen LogP contribution is -2.52. The molecule has 1 aliphatic heterocycles. The molecule has 130 valence electrons. The monoisotopic (exact) mass is 333 g/mol. The van der Waals surface area contributed by atoms with Gasteiger partial charge in [-0.05, 0) is 37.1 Å². The van der Waals surface area contributed by atoms with E-state index in [0.29, 0.717) is 12.1 Å². The van der Waals surface area contributed by atoms with Crippen LogP contribution in [0.3, 0.4) is 0 Å². The fourth-order valence-electron chi connectivity index (χ4n) is 2.95. The first-order chi connectivity index (χ1) is 10.8. The number of benzene rings is 1.